The van der Waals surface area contributed by atoms with Crippen LogP contribution in [0.3, 0.4) is 0 Å². The summed E-state index contributed by atoms with van der Waals surface area (Å²) in [5.41, 5.74) is 0.723. The van der Waals surface area contributed by atoms with Gasteiger partial charge in [-0.2, -0.15) is 0 Å². The first-order valence-corrected chi connectivity index (χ1v) is 9.21. The summed E-state index contributed by atoms with van der Waals surface area (Å²) in [4.78, 5) is 6.86. The van der Waals surface area contributed by atoms with Gasteiger partial charge < -0.3 is 4.90 Å². The SMILES string of the molecule is Cc1ccccc1S(=O)(=O)Nc1nc(N2CCCC2)cs1. The van der Waals surface area contributed by atoms with Gasteiger partial charge in [0, 0.05) is 18.5 Å². The zero-order chi connectivity index (χ0) is 14.9. The Labute approximate surface area is 128 Å². The minimum absolute atomic E-state index is 0.294. The number of aryl methyl sites for hydroxylation is 1. The second kappa shape index (κ2) is 5.65. The lowest BCUT2D eigenvalue weighted by Gasteiger charge is -2.13. The molecule has 112 valence electrons. The fourth-order valence-corrected chi connectivity index (χ4v) is 4.65. The number of hydrogen-bond donors (Lipinski definition) is 1. The molecule has 1 aromatic carbocycles. The number of thiazole rings is 1. The van der Waals surface area contributed by atoms with E-state index < -0.39 is 10.0 Å². The Morgan fingerprint density at radius 3 is 2.67 bits per heavy atom. The number of sulfonamides is 1. The smallest absolute Gasteiger partial charge is 0.263 e. The van der Waals surface area contributed by atoms with Crippen molar-refractivity contribution in [2.45, 2.75) is 24.7 Å². The van der Waals surface area contributed by atoms with E-state index in [9.17, 15) is 8.42 Å². The highest BCUT2D eigenvalue weighted by Gasteiger charge is 2.20. The van der Waals surface area contributed by atoms with Gasteiger partial charge in [-0.15, -0.1) is 11.3 Å². The Kier molecular flexibility index (Phi) is 3.86. The Bertz CT molecular complexity index is 734. The highest BCUT2D eigenvalue weighted by molar-refractivity contribution is 7.93. The van der Waals surface area contributed by atoms with Crippen molar-refractivity contribution in [3.63, 3.8) is 0 Å². The fraction of sp³-hybridized carbons (Fsp3) is 0.357. The monoisotopic (exact) mass is 323 g/mol. The molecule has 1 aromatic heterocycles. The van der Waals surface area contributed by atoms with E-state index in [-0.39, 0.29) is 0 Å². The minimum Gasteiger partial charge on any atom is -0.356 e. The van der Waals surface area contributed by atoms with Crippen LogP contribution < -0.4 is 9.62 Å². The van der Waals surface area contributed by atoms with Gasteiger partial charge in [0.25, 0.3) is 10.0 Å². The first-order chi connectivity index (χ1) is 10.1. The third-order valence-corrected chi connectivity index (χ3v) is 5.90. The number of anilines is 2. The van der Waals surface area contributed by atoms with Crippen molar-refractivity contribution in [1.82, 2.24) is 4.98 Å². The predicted octanol–water partition coefficient (Wildman–Crippen LogP) is 2.85. The van der Waals surface area contributed by atoms with E-state index in [2.05, 4.69) is 14.6 Å². The topological polar surface area (TPSA) is 62.3 Å². The van der Waals surface area contributed by atoms with Gasteiger partial charge in [-0.3, -0.25) is 4.72 Å². The summed E-state index contributed by atoms with van der Waals surface area (Å²) in [6, 6.07) is 6.93. The maximum Gasteiger partial charge on any atom is 0.263 e. The molecule has 2 heterocycles. The summed E-state index contributed by atoms with van der Waals surface area (Å²) in [5.74, 6) is 0.861. The quantitative estimate of drug-likeness (QED) is 0.940. The number of nitrogens with zero attached hydrogens (tertiary/aromatic N) is 2. The summed E-state index contributed by atoms with van der Waals surface area (Å²) in [7, 11) is -3.57. The summed E-state index contributed by atoms with van der Waals surface area (Å²) >= 11 is 1.32. The Hall–Kier alpha value is -1.60. The molecule has 0 atom stereocenters. The molecule has 0 bridgehead atoms. The van der Waals surface area contributed by atoms with Crippen LogP contribution in [0.2, 0.25) is 0 Å². The van der Waals surface area contributed by atoms with Gasteiger partial charge >= 0.3 is 0 Å². The molecule has 1 saturated heterocycles. The molecule has 1 aliphatic rings. The maximum absolute atomic E-state index is 12.4. The van der Waals surface area contributed by atoms with Gasteiger partial charge in [-0.25, -0.2) is 13.4 Å². The van der Waals surface area contributed by atoms with Crippen LogP contribution in [0, 0.1) is 6.92 Å². The number of hydrogen-bond acceptors (Lipinski definition) is 5. The van der Waals surface area contributed by atoms with Crippen molar-refractivity contribution in [1.29, 1.82) is 0 Å². The van der Waals surface area contributed by atoms with Gasteiger partial charge in [0.05, 0.1) is 4.90 Å². The highest BCUT2D eigenvalue weighted by atomic mass is 32.2. The molecule has 0 amide bonds. The normalized spacial score (nSPS) is 15.4. The molecule has 0 spiro atoms. The van der Waals surface area contributed by atoms with Gasteiger partial charge in [-0.05, 0) is 31.4 Å². The Morgan fingerprint density at radius 2 is 1.95 bits per heavy atom. The molecule has 0 radical (unpaired) electrons. The summed E-state index contributed by atoms with van der Waals surface area (Å²) in [5, 5.41) is 2.32. The number of aromatic nitrogens is 1. The van der Waals surface area contributed by atoms with E-state index in [1.54, 1.807) is 25.1 Å². The molecule has 0 saturated carbocycles. The van der Waals surface area contributed by atoms with Gasteiger partial charge in [0.15, 0.2) is 5.13 Å². The van der Waals surface area contributed by atoms with Crippen molar-refractivity contribution >= 4 is 32.3 Å². The number of nitrogens with one attached hydrogen (secondary N) is 1. The molecule has 0 aliphatic carbocycles. The summed E-state index contributed by atoms with van der Waals surface area (Å²) in [6.07, 6.45) is 2.34. The van der Waals surface area contributed by atoms with Crippen LogP contribution in [0.4, 0.5) is 10.9 Å². The molecule has 1 fully saturated rings. The number of rotatable bonds is 4. The van der Waals surface area contributed by atoms with E-state index in [0.29, 0.717) is 10.0 Å². The third kappa shape index (κ3) is 3.03. The lowest BCUT2D eigenvalue weighted by Crippen LogP contribution is -2.18. The highest BCUT2D eigenvalue weighted by Crippen LogP contribution is 2.27. The molecule has 2 aromatic rings. The van der Waals surface area contributed by atoms with Gasteiger partial charge in [-0.1, -0.05) is 18.2 Å². The lowest BCUT2D eigenvalue weighted by molar-refractivity contribution is 0.600. The van der Waals surface area contributed by atoms with E-state index >= 15 is 0 Å². The van der Waals surface area contributed by atoms with Crippen LogP contribution in [0.5, 0.6) is 0 Å². The zero-order valence-corrected chi connectivity index (χ0v) is 13.4. The molecule has 7 heteroatoms. The van der Waals surface area contributed by atoms with Crippen molar-refractivity contribution in [2.24, 2.45) is 0 Å². The average molecular weight is 323 g/mol. The second-order valence-electron chi connectivity index (χ2n) is 5.08. The van der Waals surface area contributed by atoms with Crippen LogP contribution in [0.1, 0.15) is 18.4 Å². The van der Waals surface area contributed by atoms with Gasteiger partial charge in [0.2, 0.25) is 0 Å². The lowest BCUT2D eigenvalue weighted by atomic mass is 10.2. The first-order valence-electron chi connectivity index (χ1n) is 6.85. The van der Waals surface area contributed by atoms with Crippen molar-refractivity contribution in [3.05, 3.63) is 35.2 Å². The Balaban J connectivity index is 1.81. The van der Waals surface area contributed by atoms with Gasteiger partial charge in [0.1, 0.15) is 5.82 Å². The molecule has 1 aliphatic heterocycles. The van der Waals surface area contributed by atoms with E-state index in [4.69, 9.17) is 0 Å². The van der Waals surface area contributed by atoms with Crippen LogP contribution in [0.15, 0.2) is 34.5 Å². The summed E-state index contributed by atoms with van der Waals surface area (Å²) < 4.78 is 27.4. The van der Waals surface area contributed by atoms with Crippen LogP contribution >= 0.6 is 11.3 Å². The van der Waals surface area contributed by atoms with Crippen molar-refractivity contribution < 1.29 is 8.42 Å². The maximum atomic E-state index is 12.4. The Morgan fingerprint density at radius 1 is 1.24 bits per heavy atom. The third-order valence-electron chi connectivity index (χ3n) is 3.53. The molecule has 1 N–H and O–H groups in total. The second-order valence-corrected chi connectivity index (χ2v) is 7.58. The average Bonchev–Trinajstić information content (AvgIpc) is 3.09. The molecular formula is C14H17N3O2S2. The number of benzene rings is 1. The predicted molar refractivity (Wildman–Crippen MR) is 85.5 cm³/mol. The summed E-state index contributed by atoms with van der Waals surface area (Å²) in [6.45, 7) is 3.77. The molecular weight excluding hydrogens is 306 g/mol. The minimum atomic E-state index is -3.57. The molecule has 3 rings (SSSR count). The molecule has 5 nitrogen and oxygen atoms in total. The molecule has 0 unspecified atom stereocenters. The van der Waals surface area contributed by atoms with Crippen LogP contribution in [0.25, 0.3) is 0 Å². The largest absolute Gasteiger partial charge is 0.356 e. The van der Waals surface area contributed by atoms with Crippen LogP contribution in [-0.2, 0) is 10.0 Å². The fourth-order valence-electron chi connectivity index (χ4n) is 2.43. The van der Waals surface area contributed by atoms with E-state index in [1.807, 2.05) is 11.4 Å². The van der Waals surface area contributed by atoms with Crippen molar-refractivity contribution in [3.8, 4) is 0 Å². The van der Waals surface area contributed by atoms with E-state index in [0.717, 1.165) is 24.5 Å². The van der Waals surface area contributed by atoms with Crippen molar-refractivity contribution in [2.75, 3.05) is 22.7 Å². The zero-order valence-electron chi connectivity index (χ0n) is 11.7. The molecule has 21 heavy (non-hydrogen) atoms. The van der Waals surface area contributed by atoms with Crippen LogP contribution in [-0.4, -0.2) is 26.5 Å². The first kappa shape index (κ1) is 14.3. The standard InChI is InChI=1S/C14H17N3O2S2/c1-11-6-2-3-7-12(11)21(18,19)16-14-15-13(10-20-14)17-8-4-5-9-17/h2-3,6-7,10H,4-5,8-9H2,1H3,(H,15,16). The van der Waals surface area contributed by atoms with E-state index in [1.165, 1.54) is 24.2 Å².